The Balaban J connectivity index is 2.10. The number of aliphatic hydroxyl groups excluding tert-OH is 1. The number of hydrogen-bond donors (Lipinski definition) is 1. The lowest BCUT2D eigenvalue weighted by Gasteiger charge is -2.59. The van der Waals surface area contributed by atoms with E-state index in [1.165, 1.54) is 19.3 Å². The summed E-state index contributed by atoms with van der Waals surface area (Å²) >= 11 is 0. The quantitative estimate of drug-likeness (QED) is 0.613. The molecule has 2 bridgehead atoms. The molecule has 0 heterocycles. The average molecular weight is 154 g/mol. The van der Waals surface area contributed by atoms with Crippen LogP contribution in [0.2, 0.25) is 0 Å². The molecule has 0 radical (unpaired) electrons. The van der Waals surface area contributed by atoms with E-state index in [0.717, 1.165) is 11.8 Å². The van der Waals surface area contributed by atoms with E-state index in [1.54, 1.807) is 0 Å². The lowest BCUT2D eigenvalue weighted by Crippen LogP contribution is -2.53. The van der Waals surface area contributed by atoms with E-state index in [-0.39, 0.29) is 0 Å². The first-order valence-electron chi connectivity index (χ1n) is 4.77. The van der Waals surface area contributed by atoms with Crippen molar-refractivity contribution < 1.29 is 5.11 Å². The SMILES string of the molecule is CC1(C)[C@@H]2CC[C@H](CO)[C@H]1C2. The molecule has 3 aliphatic carbocycles. The largest absolute Gasteiger partial charge is 0.396 e. The van der Waals surface area contributed by atoms with E-state index in [0.29, 0.717) is 17.9 Å². The predicted molar refractivity (Wildman–Crippen MR) is 45.2 cm³/mol. The highest BCUT2D eigenvalue weighted by atomic mass is 16.3. The van der Waals surface area contributed by atoms with Gasteiger partial charge in [-0.15, -0.1) is 0 Å². The molecule has 0 aliphatic heterocycles. The number of rotatable bonds is 1. The van der Waals surface area contributed by atoms with Crippen molar-refractivity contribution in [1.29, 1.82) is 0 Å². The Bertz CT molecular complexity index is 160. The molecule has 0 unspecified atom stereocenters. The van der Waals surface area contributed by atoms with Crippen LogP contribution < -0.4 is 0 Å². The molecule has 11 heavy (non-hydrogen) atoms. The van der Waals surface area contributed by atoms with Gasteiger partial charge in [0, 0.05) is 6.61 Å². The van der Waals surface area contributed by atoms with Crippen LogP contribution in [-0.2, 0) is 0 Å². The highest BCUT2D eigenvalue weighted by Gasteiger charge is 2.53. The van der Waals surface area contributed by atoms with Gasteiger partial charge in [0.1, 0.15) is 0 Å². The third-order valence-electron chi connectivity index (χ3n) is 4.24. The molecule has 0 spiro atoms. The van der Waals surface area contributed by atoms with Gasteiger partial charge in [-0.2, -0.15) is 0 Å². The van der Waals surface area contributed by atoms with Crippen LogP contribution in [0, 0.1) is 23.2 Å². The maximum atomic E-state index is 9.12. The van der Waals surface area contributed by atoms with Crippen molar-refractivity contribution in [3.8, 4) is 0 Å². The maximum absolute atomic E-state index is 9.12. The molecule has 3 fully saturated rings. The topological polar surface area (TPSA) is 20.2 Å². The highest BCUT2D eigenvalue weighted by molar-refractivity contribution is 5.02. The van der Waals surface area contributed by atoms with Crippen molar-refractivity contribution in [1.82, 2.24) is 0 Å². The van der Waals surface area contributed by atoms with Crippen LogP contribution in [0.1, 0.15) is 33.1 Å². The third kappa shape index (κ3) is 0.868. The molecule has 0 aromatic heterocycles. The van der Waals surface area contributed by atoms with Gasteiger partial charge in [0.05, 0.1) is 0 Å². The highest BCUT2D eigenvalue weighted by Crippen LogP contribution is 2.61. The van der Waals surface area contributed by atoms with E-state index < -0.39 is 0 Å². The molecule has 0 aromatic carbocycles. The second-order valence-electron chi connectivity index (χ2n) is 4.88. The summed E-state index contributed by atoms with van der Waals surface area (Å²) in [5.41, 5.74) is 0.547. The van der Waals surface area contributed by atoms with Gasteiger partial charge in [-0.25, -0.2) is 0 Å². The molecule has 0 amide bonds. The minimum atomic E-state index is 0.417. The molecular formula is C10H18O. The van der Waals surface area contributed by atoms with Gasteiger partial charge in [-0.05, 0) is 42.4 Å². The van der Waals surface area contributed by atoms with Gasteiger partial charge < -0.3 is 5.11 Å². The zero-order valence-corrected chi connectivity index (χ0v) is 7.51. The molecule has 3 atom stereocenters. The summed E-state index contributed by atoms with van der Waals surface area (Å²) < 4.78 is 0. The summed E-state index contributed by atoms with van der Waals surface area (Å²) in [5.74, 6) is 2.41. The van der Waals surface area contributed by atoms with Crippen LogP contribution in [0.3, 0.4) is 0 Å². The normalized spacial score (nSPS) is 46.6. The Morgan fingerprint density at radius 1 is 1.36 bits per heavy atom. The zero-order valence-electron chi connectivity index (χ0n) is 7.51. The minimum Gasteiger partial charge on any atom is -0.396 e. The minimum absolute atomic E-state index is 0.417. The Labute approximate surface area is 68.8 Å². The van der Waals surface area contributed by atoms with E-state index in [1.807, 2.05) is 0 Å². The summed E-state index contributed by atoms with van der Waals surface area (Å²) in [6.07, 6.45) is 4.02. The Morgan fingerprint density at radius 3 is 2.45 bits per heavy atom. The number of aliphatic hydroxyl groups is 1. The first-order chi connectivity index (χ1) is 5.16. The van der Waals surface area contributed by atoms with Gasteiger partial charge in [0.25, 0.3) is 0 Å². The maximum Gasteiger partial charge on any atom is 0.0462 e. The lowest BCUT2D eigenvalue weighted by atomic mass is 9.46. The van der Waals surface area contributed by atoms with E-state index in [4.69, 9.17) is 5.11 Å². The number of fused-ring (bicyclic) bond motifs is 2. The molecule has 3 saturated carbocycles. The fourth-order valence-electron chi connectivity index (χ4n) is 3.18. The fraction of sp³-hybridized carbons (Fsp3) is 1.00. The summed E-state index contributed by atoms with van der Waals surface area (Å²) in [6, 6.07) is 0. The Morgan fingerprint density at radius 2 is 2.09 bits per heavy atom. The molecule has 0 saturated heterocycles. The second-order valence-corrected chi connectivity index (χ2v) is 4.88. The molecule has 1 heteroatoms. The molecular weight excluding hydrogens is 136 g/mol. The van der Waals surface area contributed by atoms with Crippen molar-refractivity contribution in [2.24, 2.45) is 23.2 Å². The first-order valence-corrected chi connectivity index (χ1v) is 4.77. The molecule has 0 aromatic rings. The van der Waals surface area contributed by atoms with Crippen molar-refractivity contribution in [3.63, 3.8) is 0 Å². The van der Waals surface area contributed by atoms with Crippen LogP contribution >= 0.6 is 0 Å². The molecule has 1 nitrogen and oxygen atoms in total. The smallest absolute Gasteiger partial charge is 0.0462 e. The van der Waals surface area contributed by atoms with Crippen molar-refractivity contribution in [2.75, 3.05) is 6.61 Å². The van der Waals surface area contributed by atoms with Crippen LogP contribution in [0.4, 0.5) is 0 Å². The average Bonchev–Trinajstić information content (AvgIpc) is 2.04. The van der Waals surface area contributed by atoms with Crippen LogP contribution in [0.25, 0.3) is 0 Å². The second kappa shape index (κ2) is 2.22. The lowest BCUT2D eigenvalue weighted by molar-refractivity contribution is -0.116. The monoisotopic (exact) mass is 154 g/mol. The van der Waals surface area contributed by atoms with E-state index >= 15 is 0 Å². The van der Waals surface area contributed by atoms with E-state index in [2.05, 4.69) is 13.8 Å². The first kappa shape index (κ1) is 7.60. The van der Waals surface area contributed by atoms with Crippen molar-refractivity contribution in [2.45, 2.75) is 33.1 Å². The van der Waals surface area contributed by atoms with Gasteiger partial charge in [0.15, 0.2) is 0 Å². The zero-order chi connectivity index (χ0) is 8.06. The molecule has 3 aliphatic rings. The summed E-state index contributed by atoms with van der Waals surface area (Å²) in [7, 11) is 0. The van der Waals surface area contributed by atoms with E-state index in [9.17, 15) is 0 Å². The third-order valence-corrected chi connectivity index (χ3v) is 4.24. The van der Waals surface area contributed by atoms with Crippen LogP contribution in [0.5, 0.6) is 0 Å². The summed E-state index contributed by atoms with van der Waals surface area (Å²) in [6.45, 7) is 5.15. The van der Waals surface area contributed by atoms with Gasteiger partial charge in [0.2, 0.25) is 0 Å². The summed E-state index contributed by atoms with van der Waals surface area (Å²) in [4.78, 5) is 0. The predicted octanol–water partition coefficient (Wildman–Crippen LogP) is 2.05. The van der Waals surface area contributed by atoms with Crippen LogP contribution in [0.15, 0.2) is 0 Å². The fourth-order valence-corrected chi connectivity index (χ4v) is 3.18. The molecule has 1 N–H and O–H groups in total. The summed E-state index contributed by atoms with van der Waals surface area (Å²) in [5, 5.41) is 9.12. The standard InChI is InChI=1S/C10H18O/c1-10(2)8-4-3-7(6-11)9(10)5-8/h7-9,11H,3-6H2,1-2H3/t7-,8-,9-/m1/s1. The van der Waals surface area contributed by atoms with Crippen molar-refractivity contribution >= 4 is 0 Å². The molecule has 3 rings (SSSR count). The van der Waals surface area contributed by atoms with Crippen LogP contribution in [-0.4, -0.2) is 11.7 Å². The number of hydrogen-bond acceptors (Lipinski definition) is 1. The molecule has 64 valence electrons. The van der Waals surface area contributed by atoms with Gasteiger partial charge in [-0.1, -0.05) is 13.8 Å². The Hall–Kier alpha value is -0.0400. The van der Waals surface area contributed by atoms with Crippen molar-refractivity contribution in [3.05, 3.63) is 0 Å². The van der Waals surface area contributed by atoms with Gasteiger partial charge in [-0.3, -0.25) is 0 Å². The Kier molecular flexibility index (Phi) is 1.54. The van der Waals surface area contributed by atoms with Gasteiger partial charge >= 0.3 is 0 Å².